The minimum Gasteiger partial charge on any atom is -0.497 e. The first-order valence-corrected chi connectivity index (χ1v) is 8.99. The molecule has 4 nitrogen and oxygen atoms in total. The summed E-state index contributed by atoms with van der Waals surface area (Å²) >= 11 is 1.72. The number of amides is 1. The van der Waals surface area contributed by atoms with E-state index in [1.807, 2.05) is 25.4 Å². The second kappa shape index (κ2) is 11.6. The normalized spacial score (nSPS) is 12.9. The summed E-state index contributed by atoms with van der Waals surface area (Å²) in [5.41, 5.74) is 7.20. The van der Waals surface area contributed by atoms with E-state index in [0.29, 0.717) is 5.92 Å². The lowest BCUT2D eigenvalue weighted by Crippen LogP contribution is -2.43. The second-order valence-electron chi connectivity index (χ2n) is 5.76. The van der Waals surface area contributed by atoms with E-state index in [1.54, 1.807) is 23.8 Å². The van der Waals surface area contributed by atoms with Crippen LogP contribution in [0.15, 0.2) is 24.3 Å². The standard InChI is InChI=1S/C17H28N2O2S.ClH/c1-13(11-14-5-7-15(21-3)8-6-14)12-19(2)17(20)16(18)9-10-22-4;/h5-8,13,16H,9-12,18H2,1-4H3;1H. The smallest absolute Gasteiger partial charge is 0.239 e. The number of carbonyl (C=O) groups excluding carboxylic acids is 1. The van der Waals surface area contributed by atoms with Gasteiger partial charge in [0.2, 0.25) is 5.91 Å². The molecule has 2 N–H and O–H groups in total. The Balaban J connectivity index is 0.00000484. The summed E-state index contributed by atoms with van der Waals surface area (Å²) < 4.78 is 5.16. The molecule has 0 heterocycles. The number of hydrogen-bond donors (Lipinski definition) is 1. The van der Waals surface area contributed by atoms with Crippen molar-refractivity contribution in [1.82, 2.24) is 4.90 Å². The third kappa shape index (κ3) is 7.95. The van der Waals surface area contributed by atoms with E-state index in [-0.39, 0.29) is 24.4 Å². The minimum atomic E-state index is -0.384. The number of nitrogens with two attached hydrogens (primary N) is 1. The van der Waals surface area contributed by atoms with E-state index < -0.39 is 0 Å². The average molecular weight is 361 g/mol. The van der Waals surface area contributed by atoms with Gasteiger partial charge in [0.15, 0.2) is 0 Å². The minimum absolute atomic E-state index is 0. The molecule has 0 aliphatic rings. The van der Waals surface area contributed by atoms with Crippen molar-refractivity contribution >= 4 is 30.1 Å². The van der Waals surface area contributed by atoms with Gasteiger partial charge in [0.25, 0.3) is 0 Å². The van der Waals surface area contributed by atoms with E-state index in [2.05, 4.69) is 19.1 Å². The highest BCUT2D eigenvalue weighted by molar-refractivity contribution is 7.98. The van der Waals surface area contributed by atoms with Crippen molar-refractivity contribution in [3.8, 4) is 5.75 Å². The Hall–Kier alpha value is -0.910. The van der Waals surface area contributed by atoms with Crippen molar-refractivity contribution in [3.63, 3.8) is 0 Å². The maximum Gasteiger partial charge on any atom is 0.239 e. The van der Waals surface area contributed by atoms with Crippen molar-refractivity contribution in [2.45, 2.75) is 25.8 Å². The molecular weight excluding hydrogens is 332 g/mol. The van der Waals surface area contributed by atoms with Gasteiger partial charge in [0.05, 0.1) is 13.2 Å². The van der Waals surface area contributed by atoms with Crippen LogP contribution in [0.2, 0.25) is 0 Å². The summed E-state index contributed by atoms with van der Waals surface area (Å²) in [6, 6.07) is 7.69. The molecule has 0 bridgehead atoms. The SMILES string of the molecule is COc1ccc(CC(C)CN(C)C(=O)C(N)CCSC)cc1.Cl. The zero-order valence-electron chi connectivity index (χ0n) is 14.5. The predicted molar refractivity (Wildman–Crippen MR) is 102 cm³/mol. The fourth-order valence-electron chi connectivity index (χ4n) is 2.44. The lowest BCUT2D eigenvalue weighted by molar-refractivity contribution is -0.131. The number of hydrogen-bond acceptors (Lipinski definition) is 4. The van der Waals surface area contributed by atoms with Crippen LogP contribution in [-0.4, -0.2) is 49.6 Å². The summed E-state index contributed by atoms with van der Waals surface area (Å²) in [5, 5.41) is 0. The molecule has 0 aromatic heterocycles. The Morgan fingerprint density at radius 2 is 1.96 bits per heavy atom. The Morgan fingerprint density at radius 1 is 1.35 bits per heavy atom. The van der Waals surface area contributed by atoms with Crippen LogP contribution in [0.25, 0.3) is 0 Å². The molecular formula is C17H29ClN2O2S. The van der Waals surface area contributed by atoms with Gasteiger partial charge in [-0.15, -0.1) is 12.4 Å². The number of methoxy groups -OCH3 is 1. The number of halogens is 1. The van der Waals surface area contributed by atoms with Crippen LogP contribution in [0.3, 0.4) is 0 Å². The molecule has 0 saturated heterocycles. The highest BCUT2D eigenvalue weighted by Crippen LogP contribution is 2.15. The molecule has 2 unspecified atom stereocenters. The third-order valence-corrected chi connectivity index (χ3v) is 4.30. The van der Waals surface area contributed by atoms with Gasteiger partial charge in [-0.25, -0.2) is 0 Å². The molecule has 0 aliphatic heterocycles. The lowest BCUT2D eigenvalue weighted by Gasteiger charge is -2.24. The molecule has 0 saturated carbocycles. The van der Waals surface area contributed by atoms with Crippen LogP contribution in [0.4, 0.5) is 0 Å². The number of nitrogens with zero attached hydrogens (tertiary/aromatic N) is 1. The molecule has 132 valence electrons. The van der Waals surface area contributed by atoms with E-state index in [0.717, 1.165) is 30.9 Å². The summed E-state index contributed by atoms with van der Waals surface area (Å²) in [6.45, 7) is 2.87. The van der Waals surface area contributed by atoms with Crippen LogP contribution in [0.5, 0.6) is 5.75 Å². The largest absolute Gasteiger partial charge is 0.497 e. The third-order valence-electron chi connectivity index (χ3n) is 3.66. The first kappa shape index (κ1) is 22.1. The summed E-state index contributed by atoms with van der Waals surface area (Å²) in [5.74, 6) is 2.21. The molecule has 0 fully saturated rings. The fourth-order valence-corrected chi connectivity index (χ4v) is 2.93. The van der Waals surface area contributed by atoms with Crippen LogP contribution in [0.1, 0.15) is 18.9 Å². The first-order valence-electron chi connectivity index (χ1n) is 7.60. The Kier molecular flexibility index (Phi) is 11.1. The maximum atomic E-state index is 12.2. The van der Waals surface area contributed by atoms with Crippen LogP contribution in [-0.2, 0) is 11.2 Å². The first-order chi connectivity index (χ1) is 10.5. The van der Waals surface area contributed by atoms with Gasteiger partial charge in [-0.2, -0.15) is 11.8 Å². The quantitative estimate of drug-likeness (QED) is 0.735. The monoisotopic (exact) mass is 360 g/mol. The van der Waals surface area contributed by atoms with Crippen LogP contribution < -0.4 is 10.5 Å². The summed E-state index contributed by atoms with van der Waals surface area (Å²) in [6.07, 6.45) is 3.69. The Bertz CT molecular complexity index is 456. The number of likely N-dealkylation sites (N-methyl/N-ethyl adjacent to an activating group) is 1. The van der Waals surface area contributed by atoms with E-state index in [1.165, 1.54) is 5.56 Å². The molecule has 1 aromatic rings. The predicted octanol–water partition coefficient (Wildman–Crippen LogP) is 2.83. The average Bonchev–Trinajstić information content (AvgIpc) is 2.52. The fraction of sp³-hybridized carbons (Fsp3) is 0.588. The molecule has 1 amide bonds. The van der Waals surface area contributed by atoms with Gasteiger partial charge < -0.3 is 15.4 Å². The van der Waals surface area contributed by atoms with Crippen molar-refractivity contribution < 1.29 is 9.53 Å². The molecule has 0 radical (unpaired) electrons. The number of thioether (sulfide) groups is 1. The molecule has 1 rings (SSSR count). The van der Waals surface area contributed by atoms with E-state index in [9.17, 15) is 4.79 Å². The summed E-state index contributed by atoms with van der Waals surface area (Å²) in [7, 11) is 3.50. The van der Waals surface area contributed by atoms with E-state index >= 15 is 0 Å². The van der Waals surface area contributed by atoms with Gasteiger partial charge in [0, 0.05) is 13.6 Å². The lowest BCUT2D eigenvalue weighted by atomic mass is 10.0. The van der Waals surface area contributed by atoms with Crippen molar-refractivity contribution in [2.24, 2.45) is 11.7 Å². The highest BCUT2D eigenvalue weighted by Gasteiger charge is 2.19. The van der Waals surface area contributed by atoms with Crippen molar-refractivity contribution in [2.75, 3.05) is 32.7 Å². The molecule has 1 aromatic carbocycles. The maximum absolute atomic E-state index is 12.2. The van der Waals surface area contributed by atoms with Gasteiger partial charge in [-0.05, 0) is 48.5 Å². The van der Waals surface area contributed by atoms with Crippen LogP contribution in [0, 0.1) is 5.92 Å². The molecule has 23 heavy (non-hydrogen) atoms. The highest BCUT2D eigenvalue weighted by atomic mass is 35.5. The van der Waals surface area contributed by atoms with Crippen molar-refractivity contribution in [1.29, 1.82) is 0 Å². The number of benzene rings is 1. The van der Waals surface area contributed by atoms with Gasteiger partial charge in [-0.1, -0.05) is 19.1 Å². The molecule has 6 heteroatoms. The summed E-state index contributed by atoms with van der Waals surface area (Å²) in [4.78, 5) is 14.0. The topological polar surface area (TPSA) is 55.6 Å². The van der Waals surface area contributed by atoms with Gasteiger partial charge in [-0.3, -0.25) is 4.79 Å². The van der Waals surface area contributed by atoms with Gasteiger partial charge >= 0.3 is 0 Å². The van der Waals surface area contributed by atoms with Gasteiger partial charge in [0.1, 0.15) is 5.75 Å². The number of ether oxygens (including phenoxy) is 1. The Morgan fingerprint density at radius 3 is 2.48 bits per heavy atom. The second-order valence-corrected chi connectivity index (χ2v) is 6.75. The molecule has 0 aliphatic carbocycles. The molecule has 0 spiro atoms. The van der Waals surface area contributed by atoms with Crippen LogP contribution >= 0.6 is 24.2 Å². The van der Waals surface area contributed by atoms with Crippen molar-refractivity contribution in [3.05, 3.63) is 29.8 Å². The zero-order chi connectivity index (χ0) is 16.5. The number of rotatable bonds is 9. The molecule has 2 atom stereocenters. The zero-order valence-corrected chi connectivity index (χ0v) is 16.1. The Labute approximate surface area is 150 Å². The van der Waals surface area contributed by atoms with E-state index in [4.69, 9.17) is 10.5 Å². The number of carbonyl (C=O) groups is 1.